The molecular formula is C15H26N2O3. The number of hydrogen-bond acceptors (Lipinski definition) is 3. The Morgan fingerprint density at radius 3 is 2.75 bits per heavy atom. The summed E-state index contributed by atoms with van der Waals surface area (Å²) in [4.78, 5) is 12.4. The lowest BCUT2D eigenvalue weighted by Gasteiger charge is -2.31. The first-order valence-electron chi connectivity index (χ1n) is 6.96. The molecular weight excluding hydrogens is 256 g/mol. The Balaban J connectivity index is 2.76. The minimum atomic E-state index is -0.112. The van der Waals surface area contributed by atoms with Crippen molar-refractivity contribution in [3.8, 4) is 0 Å². The molecule has 20 heavy (non-hydrogen) atoms. The molecule has 1 aromatic heterocycles. The zero-order valence-electron chi connectivity index (χ0n) is 12.8. The van der Waals surface area contributed by atoms with Crippen LogP contribution in [-0.4, -0.2) is 41.9 Å². The molecule has 1 rings (SSSR count). The number of amides is 1. The van der Waals surface area contributed by atoms with Gasteiger partial charge in [-0.3, -0.25) is 4.79 Å². The lowest BCUT2D eigenvalue weighted by molar-refractivity contribution is 0.0873. The summed E-state index contributed by atoms with van der Waals surface area (Å²) in [5.74, 6) is -0.112. The average molecular weight is 282 g/mol. The summed E-state index contributed by atoms with van der Waals surface area (Å²) >= 11 is 0. The molecule has 1 amide bonds. The highest BCUT2D eigenvalue weighted by Crippen LogP contribution is 2.22. The Bertz CT molecular complexity index is 421. The largest absolute Gasteiger partial charge is 0.396 e. The smallest absolute Gasteiger partial charge is 0.268 e. The molecule has 0 saturated carbocycles. The fraction of sp³-hybridized carbons (Fsp3) is 0.667. The Morgan fingerprint density at radius 2 is 2.20 bits per heavy atom. The average Bonchev–Trinajstić information content (AvgIpc) is 2.82. The van der Waals surface area contributed by atoms with Gasteiger partial charge >= 0.3 is 0 Å². The number of rotatable bonds is 7. The number of ether oxygens (including phenoxy) is 1. The second-order valence-corrected chi connectivity index (χ2v) is 5.98. The Kier molecular flexibility index (Phi) is 6.23. The lowest BCUT2D eigenvalue weighted by atomic mass is 9.85. The fourth-order valence-corrected chi connectivity index (χ4v) is 2.09. The third kappa shape index (κ3) is 4.65. The molecule has 1 unspecified atom stereocenters. The summed E-state index contributed by atoms with van der Waals surface area (Å²) in [6, 6.07) is 3.58. The van der Waals surface area contributed by atoms with Crippen molar-refractivity contribution in [1.82, 2.24) is 9.88 Å². The molecule has 0 aliphatic carbocycles. The monoisotopic (exact) mass is 282 g/mol. The van der Waals surface area contributed by atoms with Crippen LogP contribution >= 0.6 is 0 Å². The van der Waals surface area contributed by atoms with Crippen LogP contribution in [0.2, 0.25) is 0 Å². The van der Waals surface area contributed by atoms with E-state index in [0.717, 1.165) is 0 Å². The first-order chi connectivity index (χ1) is 9.40. The van der Waals surface area contributed by atoms with Gasteiger partial charge in [0.2, 0.25) is 0 Å². The molecule has 0 spiro atoms. The number of aromatic nitrogens is 1. The van der Waals surface area contributed by atoms with E-state index in [1.807, 2.05) is 16.8 Å². The van der Waals surface area contributed by atoms with Gasteiger partial charge in [-0.1, -0.05) is 20.8 Å². The van der Waals surface area contributed by atoms with Gasteiger partial charge in [-0.2, -0.15) is 0 Å². The maximum atomic E-state index is 12.4. The normalized spacial score (nSPS) is 13.2. The highest BCUT2D eigenvalue weighted by atomic mass is 16.5. The van der Waals surface area contributed by atoms with Crippen molar-refractivity contribution in [2.45, 2.75) is 39.8 Å². The van der Waals surface area contributed by atoms with Gasteiger partial charge < -0.3 is 19.7 Å². The highest BCUT2D eigenvalue weighted by Gasteiger charge is 2.26. The van der Waals surface area contributed by atoms with Gasteiger partial charge in [0, 0.05) is 32.5 Å². The number of aliphatic hydroxyl groups excluding tert-OH is 1. The summed E-state index contributed by atoms with van der Waals surface area (Å²) in [6.07, 6.45) is 2.42. The zero-order valence-corrected chi connectivity index (χ0v) is 12.8. The maximum absolute atomic E-state index is 12.4. The zero-order chi connectivity index (χ0) is 15.2. The molecule has 0 bridgehead atoms. The predicted molar refractivity (Wildman–Crippen MR) is 78.7 cm³/mol. The SMILES string of the molecule is COCCn1cccc1C(=O)NC(CCO)C(C)(C)C. The second kappa shape index (κ2) is 7.45. The van der Waals surface area contributed by atoms with E-state index < -0.39 is 0 Å². The van der Waals surface area contributed by atoms with Crippen LogP contribution in [0.3, 0.4) is 0 Å². The van der Waals surface area contributed by atoms with E-state index in [0.29, 0.717) is 25.3 Å². The highest BCUT2D eigenvalue weighted by molar-refractivity contribution is 5.93. The van der Waals surface area contributed by atoms with E-state index in [1.54, 1.807) is 13.2 Å². The van der Waals surface area contributed by atoms with Gasteiger partial charge in [-0.15, -0.1) is 0 Å². The van der Waals surface area contributed by atoms with Gasteiger partial charge in [0.25, 0.3) is 5.91 Å². The van der Waals surface area contributed by atoms with Crippen molar-refractivity contribution in [2.24, 2.45) is 5.41 Å². The minimum absolute atomic E-state index is 0.0624. The van der Waals surface area contributed by atoms with E-state index in [1.165, 1.54) is 0 Å². The lowest BCUT2D eigenvalue weighted by Crippen LogP contribution is -2.44. The molecule has 0 radical (unpaired) electrons. The fourth-order valence-electron chi connectivity index (χ4n) is 2.09. The Hall–Kier alpha value is -1.33. The number of carbonyl (C=O) groups excluding carboxylic acids is 1. The summed E-state index contributed by atoms with van der Waals surface area (Å²) in [6.45, 7) is 7.43. The second-order valence-electron chi connectivity index (χ2n) is 5.98. The van der Waals surface area contributed by atoms with E-state index in [-0.39, 0.29) is 24.0 Å². The van der Waals surface area contributed by atoms with Crippen molar-refractivity contribution in [2.75, 3.05) is 20.3 Å². The van der Waals surface area contributed by atoms with Gasteiger partial charge in [0.1, 0.15) is 5.69 Å². The third-order valence-electron chi connectivity index (χ3n) is 3.37. The predicted octanol–water partition coefficient (Wildman–Crippen LogP) is 1.66. The molecule has 0 fully saturated rings. The molecule has 5 heteroatoms. The van der Waals surface area contributed by atoms with E-state index in [2.05, 4.69) is 26.1 Å². The van der Waals surface area contributed by atoms with Gasteiger partial charge in [0.15, 0.2) is 0 Å². The summed E-state index contributed by atoms with van der Waals surface area (Å²) in [7, 11) is 1.64. The first-order valence-corrected chi connectivity index (χ1v) is 6.96. The van der Waals surface area contributed by atoms with Crippen molar-refractivity contribution in [1.29, 1.82) is 0 Å². The quantitative estimate of drug-likeness (QED) is 0.799. The summed E-state index contributed by atoms with van der Waals surface area (Å²) in [5, 5.41) is 12.2. The number of aliphatic hydroxyl groups is 1. The van der Waals surface area contributed by atoms with Gasteiger partial charge in [0.05, 0.1) is 6.61 Å². The number of carbonyl (C=O) groups is 1. The van der Waals surface area contributed by atoms with Crippen LogP contribution in [0.25, 0.3) is 0 Å². The topological polar surface area (TPSA) is 63.5 Å². The van der Waals surface area contributed by atoms with Gasteiger partial charge in [-0.25, -0.2) is 0 Å². The van der Waals surface area contributed by atoms with Gasteiger partial charge in [-0.05, 0) is 24.0 Å². The maximum Gasteiger partial charge on any atom is 0.268 e. The number of nitrogens with one attached hydrogen (secondary N) is 1. The molecule has 0 aliphatic rings. The van der Waals surface area contributed by atoms with Crippen LogP contribution in [0.1, 0.15) is 37.7 Å². The Morgan fingerprint density at radius 1 is 1.50 bits per heavy atom. The van der Waals surface area contributed by atoms with E-state index in [4.69, 9.17) is 9.84 Å². The minimum Gasteiger partial charge on any atom is -0.396 e. The summed E-state index contributed by atoms with van der Waals surface area (Å²) < 4.78 is 6.91. The molecule has 0 aliphatic heterocycles. The van der Waals surface area contributed by atoms with E-state index >= 15 is 0 Å². The molecule has 0 saturated heterocycles. The molecule has 5 nitrogen and oxygen atoms in total. The van der Waals surface area contributed by atoms with Crippen LogP contribution in [0.15, 0.2) is 18.3 Å². The molecule has 1 aromatic rings. The standard InChI is InChI=1S/C15H26N2O3/c1-15(2,3)13(7-10-18)16-14(19)12-6-5-8-17(12)9-11-20-4/h5-6,8,13,18H,7,9-11H2,1-4H3,(H,16,19). The third-order valence-corrected chi connectivity index (χ3v) is 3.37. The molecule has 0 aromatic carbocycles. The molecule has 1 heterocycles. The molecule has 114 valence electrons. The van der Waals surface area contributed by atoms with Crippen molar-refractivity contribution >= 4 is 5.91 Å². The first kappa shape index (κ1) is 16.7. The Labute approximate surface area is 120 Å². The number of nitrogens with zero attached hydrogens (tertiary/aromatic N) is 1. The van der Waals surface area contributed by atoms with Crippen molar-refractivity contribution in [3.63, 3.8) is 0 Å². The van der Waals surface area contributed by atoms with Crippen molar-refractivity contribution in [3.05, 3.63) is 24.0 Å². The van der Waals surface area contributed by atoms with Crippen LogP contribution in [0.5, 0.6) is 0 Å². The van der Waals surface area contributed by atoms with Crippen LogP contribution in [-0.2, 0) is 11.3 Å². The van der Waals surface area contributed by atoms with Crippen LogP contribution in [0.4, 0.5) is 0 Å². The molecule has 2 N–H and O–H groups in total. The van der Waals surface area contributed by atoms with Crippen LogP contribution in [0, 0.1) is 5.41 Å². The van der Waals surface area contributed by atoms with Crippen LogP contribution < -0.4 is 5.32 Å². The molecule has 1 atom stereocenters. The van der Waals surface area contributed by atoms with Crippen molar-refractivity contribution < 1.29 is 14.6 Å². The number of hydrogen-bond donors (Lipinski definition) is 2. The number of methoxy groups -OCH3 is 1. The summed E-state index contributed by atoms with van der Waals surface area (Å²) in [5.41, 5.74) is 0.525. The van der Waals surface area contributed by atoms with E-state index in [9.17, 15) is 4.79 Å².